The first-order valence-corrected chi connectivity index (χ1v) is 10.4. The number of hydrogen-bond acceptors (Lipinski definition) is 8. The molecule has 1 amide bonds. The van der Waals surface area contributed by atoms with E-state index in [1.807, 2.05) is 0 Å². The lowest BCUT2D eigenvalue weighted by Gasteiger charge is -2.27. The Labute approximate surface area is 182 Å². The van der Waals surface area contributed by atoms with E-state index in [1.54, 1.807) is 11.0 Å². The van der Waals surface area contributed by atoms with Gasteiger partial charge in [0.1, 0.15) is 17.6 Å². The number of hydrogen-bond donors (Lipinski definition) is 2. The van der Waals surface area contributed by atoms with Gasteiger partial charge in [-0.2, -0.15) is 0 Å². The fourth-order valence-electron chi connectivity index (χ4n) is 4.01. The molecule has 2 atom stereocenters. The number of imidazole rings is 1. The van der Waals surface area contributed by atoms with Crippen LogP contribution in [0, 0.1) is 5.82 Å². The molecule has 2 aliphatic rings. The van der Waals surface area contributed by atoms with Crippen LogP contribution >= 0.6 is 0 Å². The van der Waals surface area contributed by atoms with Crippen LogP contribution in [0.15, 0.2) is 18.5 Å². The molecule has 2 N–H and O–H groups in total. The van der Waals surface area contributed by atoms with Gasteiger partial charge in [-0.15, -0.1) is 5.10 Å². The maximum Gasteiger partial charge on any atom is 0.228 e. The van der Waals surface area contributed by atoms with E-state index in [0.717, 1.165) is 12.6 Å². The number of nitrogens with one attached hydrogen (secondary N) is 2. The van der Waals surface area contributed by atoms with Crippen molar-refractivity contribution in [1.29, 1.82) is 0 Å². The third-order valence-electron chi connectivity index (χ3n) is 5.69. The van der Waals surface area contributed by atoms with E-state index in [1.165, 1.54) is 17.8 Å². The number of alkyl halides is 1. The Morgan fingerprint density at radius 1 is 1.31 bits per heavy atom. The van der Waals surface area contributed by atoms with Crippen LogP contribution in [0.2, 0.25) is 0 Å². The second kappa shape index (κ2) is 8.26. The van der Waals surface area contributed by atoms with Gasteiger partial charge in [0.25, 0.3) is 0 Å². The van der Waals surface area contributed by atoms with Crippen molar-refractivity contribution in [2.75, 3.05) is 37.0 Å². The number of carbonyl (C=O) groups is 1. The molecular formula is C20H22F2N8O2. The fraction of sp³-hybridized carbons (Fsp3) is 0.450. The predicted octanol–water partition coefficient (Wildman–Crippen LogP) is 1.57. The molecule has 0 spiro atoms. The minimum absolute atomic E-state index is 0.0365. The summed E-state index contributed by atoms with van der Waals surface area (Å²) >= 11 is 0. The first-order chi connectivity index (χ1) is 15.5. The smallest absolute Gasteiger partial charge is 0.228 e. The number of fused-ring (bicyclic) bond motifs is 1. The molecular weight excluding hydrogens is 422 g/mol. The Morgan fingerprint density at radius 3 is 2.94 bits per heavy atom. The summed E-state index contributed by atoms with van der Waals surface area (Å²) in [6, 6.07) is 1.12. The topological polar surface area (TPSA) is 110 Å². The van der Waals surface area contributed by atoms with Crippen molar-refractivity contribution in [2.24, 2.45) is 0 Å². The average molecular weight is 444 g/mol. The van der Waals surface area contributed by atoms with Crippen LogP contribution < -0.4 is 20.3 Å². The highest BCUT2D eigenvalue weighted by atomic mass is 19.1. The molecule has 0 saturated carbocycles. The first kappa shape index (κ1) is 20.5. The summed E-state index contributed by atoms with van der Waals surface area (Å²) in [4.78, 5) is 26.3. The van der Waals surface area contributed by atoms with Crippen molar-refractivity contribution in [2.45, 2.75) is 31.5 Å². The molecule has 0 bridgehead atoms. The molecule has 5 heterocycles. The molecule has 3 aromatic heterocycles. The Morgan fingerprint density at radius 2 is 2.19 bits per heavy atom. The van der Waals surface area contributed by atoms with E-state index >= 15 is 0 Å². The number of piperidine rings is 1. The number of rotatable bonds is 5. The monoisotopic (exact) mass is 444 g/mol. The van der Waals surface area contributed by atoms with E-state index in [9.17, 15) is 13.6 Å². The van der Waals surface area contributed by atoms with Crippen molar-refractivity contribution >= 4 is 23.3 Å². The molecule has 2 aliphatic heterocycles. The third-order valence-corrected chi connectivity index (χ3v) is 5.69. The number of aromatic nitrogens is 5. The van der Waals surface area contributed by atoms with Crippen LogP contribution in [0.25, 0.3) is 17.0 Å². The zero-order chi connectivity index (χ0) is 22.2. The number of carbonyl (C=O) groups excluding carboxylic acids is 1. The number of nitrogens with zero attached hydrogens (tertiary/aromatic N) is 6. The Kier molecular flexibility index (Phi) is 5.29. The molecule has 10 nitrogen and oxygen atoms in total. The summed E-state index contributed by atoms with van der Waals surface area (Å²) < 4.78 is 35.7. The number of amides is 1. The Balaban J connectivity index is 1.55. The van der Waals surface area contributed by atoms with Crippen LogP contribution in [0.4, 0.5) is 20.5 Å². The molecule has 0 aromatic carbocycles. The first-order valence-electron chi connectivity index (χ1n) is 10.4. The zero-order valence-corrected chi connectivity index (χ0v) is 17.4. The standard InChI is InChI=1S/C20H22F2N8O2/c1-32-15-7-16-24-10-14(30(16)28-19(15)29-6-2-3-17(29)31)18-12(22)8-25-20(27-18)26-13-9-23-5-4-11(13)21/h7-8,10-11,13,23H,2-6,9H2,1H3,(H,25,26,27)/t11-,13-/m0/s1. The summed E-state index contributed by atoms with van der Waals surface area (Å²) in [6.07, 6.45) is 2.94. The third kappa shape index (κ3) is 3.60. The van der Waals surface area contributed by atoms with Crippen molar-refractivity contribution in [3.8, 4) is 17.1 Å². The Hall–Kier alpha value is -3.41. The molecule has 3 aromatic rings. The van der Waals surface area contributed by atoms with Gasteiger partial charge in [-0.25, -0.2) is 28.2 Å². The molecule has 2 saturated heterocycles. The molecule has 5 rings (SSSR count). The van der Waals surface area contributed by atoms with Gasteiger partial charge in [0.15, 0.2) is 23.0 Å². The van der Waals surface area contributed by atoms with E-state index < -0.39 is 18.0 Å². The van der Waals surface area contributed by atoms with Crippen LogP contribution in [-0.4, -0.2) is 69.4 Å². The van der Waals surface area contributed by atoms with E-state index in [4.69, 9.17) is 4.74 Å². The minimum Gasteiger partial charge on any atom is -0.493 e. The lowest BCUT2D eigenvalue weighted by molar-refractivity contribution is -0.117. The summed E-state index contributed by atoms with van der Waals surface area (Å²) in [5.74, 6) is 0.110. The zero-order valence-electron chi connectivity index (χ0n) is 17.4. The molecule has 32 heavy (non-hydrogen) atoms. The van der Waals surface area contributed by atoms with Gasteiger partial charge in [0, 0.05) is 25.6 Å². The maximum atomic E-state index is 14.7. The van der Waals surface area contributed by atoms with E-state index in [2.05, 4.69) is 30.7 Å². The van der Waals surface area contributed by atoms with Gasteiger partial charge in [0.2, 0.25) is 11.9 Å². The molecule has 0 radical (unpaired) electrons. The van der Waals surface area contributed by atoms with Gasteiger partial charge in [0.05, 0.1) is 25.5 Å². The summed E-state index contributed by atoms with van der Waals surface area (Å²) in [5, 5.41) is 10.6. The second-order valence-electron chi connectivity index (χ2n) is 7.75. The number of ether oxygens (including phenoxy) is 1. The normalized spacial score (nSPS) is 21.3. The number of anilines is 2. The highest BCUT2D eigenvalue weighted by Crippen LogP contribution is 2.32. The fourth-order valence-corrected chi connectivity index (χ4v) is 4.01. The summed E-state index contributed by atoms with van der Waals surface area (Å²) in [5.41, 5.74) is 0.641. The van der Waals surface area contributed by atoms with Crippen LogP contribution in [0.3, 0.4) is 0 Å². The largest absolute Gasteiger partial charge is 0.493 e. The molecule has 0 unspecified atom stereocenters. The highest BCUT2D eigenvalue weighted by molar-refractivity contribution is 5.95. The van der Waals surface area contributed by atoms with Crippen molar-refractivity contribution in [1.82, 2.24) is 29.9 Å². The molecule has 2 fully saturated rings. The van der Waals surface area contributed by atoms with Crippen LogP contribution in [0.5, 0.6) is 5.75 Å². The number of methoxy groups -OCH3 is 1. The SMILES string of the molecule is COc1cc2ncc(-c3nc(N[C@H]4CNCC[C@@H]4F)ncc3F)n2nc1N1CCCC1=O. The van der Waals surface area contributed by atoms with Crippen molar-refractivity contribution < 1.29 is 18.3 Å². The van der Waals surface area contributed by atoms with Gasteiger partial charge in [-0.3, -0.25) is 9.69 Å². The van der Waals surface area contributed by atoms with Gasteiger partial charge in [-0.1, -0.05) is 0 Å². The highest BCUT2D eigenvalue weighted by Gasteiger charge is 2.28. The quantitative estimate of drug-likeness (QED) is 0.611. The lowest BCUT2D eigenvalue weighted by Crippen LogP contribution is -2.46. The van der Waals surface area contributed by atoms with E-state index in [-0.39, 0.29) is 23.2 Å². The molecule has 12 heteroatoms. The van der Waals surface area contributed by atoms with Gasteiger partial charge < -0.3 is 15.4 Å². The van der Waals surface area contributed by atoms with Crippen LogP contribution in [0.1, 0.15) is 19.3 Å². The summed E-state index contributed by atoms with van der Waals surface area (Å²) in [6.45, 7) is 1.54. The summed E-state index contributed by atoms with van der Waals surface area (Å²) in [7, 11) is 1.49. The minimum atomic E-state index is -1.06. The second-order valence-corrected chi connectivity index (χ2v) is 7.75. The van der Waals surface area contributed by atoms with Crippen LogP contribution in [-0.2, 0) is 4.79 Å². The average Bonchev–Trinajstić information content (AvgIpc) is 3.41. The maximum absolute atomic E-state index is 14.7. The number of halogens is 2. The predicted molar refractivity (Wildman–Crippen MR) is 112 cm³/mol. The van der Waals surface area contributed by atoms with E-state index in [0.29, 0.717) is 49.7 Å². The lowest BCUT2D eigenvalue weighted by atomic mass is 10.1. The van der Waals surface area contributed by atoms with Gasteiger partial charge >= 0.3 is 0 Å². The Bertz CT molecular complexity index is 1170. The van der Waals surface area contributed by atoms with Crippen molar-refractivity contribution in [3.63, 3.8) is 0 Å². The molecule has 168 valence electrons. The van der Waals surface area contributed by atoms with Gasteiger partial charge in [-0.05, 0) is 19.4 Å². The van der Waals surface area contributed by atoms with Crippen molar-refractivity contribution in [3.05, 3.63) is 24.3 Å². The molecule has 0 aliphatic carbocycles.